The van der Waals surface area contributed by atoms with Crippen LogP contribution in [0.1, 0.15) is 19.8 Å². The van der Waals surface area contributed by atoms with Crippen molar-refractivity contribution in [3.05, 3.63) is 0 Å². The van der Waals surface area contributed by atoms with E-state index in [1.54, 1.807) is 0 Å². The summed E-state index contributed by atoms with van der Waals surface area (Å²) >= 11 is 1.48. The SMILES string of the molecule is CCCCO[CH2][Sn+3]. The second kappa shape index (κ2) is 6.76. The number of rotatable bonds is 4. The van der Waals surface area contributed by atoms with Crippen LogP contribution in [0.25, 0.3) is 0 Å². The predicted molar refractivity (Wildman–Crippen MR) is 31.5 cm³/mol. The third kappa shape index (κ3) is 6.76. The predicted octanol–water partition coefficient (Wildman–Crippen LogP) is 0.929. The fraction of sp³-hybridized carbons (Fsp3) is 1.00. The van der Waals surface area contributed by atoms with Gasteiger partial charge in [-0.25, -0.2) is 0 Å². The van der Waals surface area contributed by atoms with Crippen LogP contribution in [-0.4, -0.2) is 33.8 Å². The molecule has 0 saturated heterocycles. The van der Waals surface area contributed by atoms with Crippen molar-refractivity contribution in [1.29, 1.82) is 0 Å². The molecule has 0 bridgehead atoms. The van der Waals surface area contributed by atoms with E-state index in [0.29, 0.717) is 0 Å². The summed E-state index contributed by atoms with van der Waals surface area (Å²) in [5.41, 5.74) is 0. The Labute approximate surface area is 58.5 Å². The fourth-order valence-corrected chi connectivity index (χ4v) is 0.731. The first kappa shape index (κ1) is 7.76. The molecule has 7 heavy (non-hydrogen) atoms. The minimum absolute atomic E-state index is 0.951. The van der Waals surface area contributed by atoms with Gasteiger partial charge in [-0.1, -0.05) is 0 Å². The Morgan fingerprint density at radius 2 is 2.29 bits per heavy atom. The molecular weight excluding hydrogens is 195 g/mol. The van der Waals surface area contributed by atoms with Crippen LogP contribution in [0, 0.1) is 0 Å². The van der Waals surface area contributed by atoms with Crippen LogP contribution in [0.2, 0.25) is 0 Å². The van der Waals surface area contributed by atoms with Crippen LogP contribution in [0.4, 0.5) is 0 Å². The zero-order valence-corrected chi connectivity index (χ0v) is 7.59. The fourth-order valence-electron chi connectivity index (χ4n) is 0.319. The minimum atomic E-state index is 0.951. The molecular formula is C5H11OSn+3. The Kier molecular flexibility index (Phi) is 7.49. The Morgan fingerprint density at radius 1 is 1.57 bits per heavy atom. The van der Waals surface area contributed by atoms with E-state index in [1.807, 2.05) is 0 Å². The van der Waals surface area contributed by atoms with E-state index < -0.39 is 0 Å². The molecule has 0 radical (unpaired) electrons. The molecule has 0 aliphatic rings. The number of hydrogen-bond acceptors (Lipinski definition) is 1. The van der Waals surface area contributed by atoms with Gasteiger partial charge in [-0.15, -0.1) is 0 Å². The molecule has 0 fully saturated rings. The van der Waals surface area contributed by atoms with Gasteiger partial charge in [0.1, 0.15) is 0 Å². The standard InChI is InChI=1S/C5H11O.Sn/c1-3-4-5-6-2;/h2-5H2,1H3;/q;+3. The molecule has 0 heterocycles. The molecule has 0 unspecified atom stereocenters. The molecule has 2 heteroatoms. The number of hydrogen-bond donors (Lipinski definition) is 0. The van der Waals surface area contributed by atoms with Crippen molar-refractivity contribution < 1.29 is 4.74 Å². The summed E-state index contributed by atoms with van der Waals surface area (Å²) in [6.45, 7) is 3.13. The van der Waals surface area contributed by atoms with E-state index >= 15 is 0 Å². The summed E-state index contributed by atoms with van der Waals surface area (Å²) in [7, 11) is 0. The van der Waals surface area contributed by atoms with Crippen molar-refractivity contribution >= 4 is 22.5 Å². The summed E-state index contributed by atoms with van der Waals surface area (Å²) in [6, 6.07) is 0. The maximum absolute atomic E-state index is 5.11. The van der Waals surface area contributed by atoms with Gasteiger partial charge in [-0.3, -0.25) is 0 Å². The second-order valence-electron chi connectivity index (χ2n) is 1.41. The molecule has 0 aromatic heterocycles. The van der Waals surface area contributed by atoms with Gasteiger partial charge < -0.3 is 0 Å². The molecule has 0 rings (SSSR count). The van der Waals surface area contributed by atoms with Gasteiger partial charge in [0.2, 0.25) is 0 Å². The Balaban J connectivity index is 2.45. The van der Waals surface area contributed by atoms with E-state index in [2.05, 4.69) is 6.92 Å². The van der Waals surface area contributed by atoms with Gasteiger partial charge in [0.25, 0.3) is 0 Å². The molecule has 0 atom stereocenters. The van der Waals surface area contributed by atoms with Crippen LogP contribution in [-0.2, 0) is 4.74 Å². The Morgan fingerprint density at radius 3 is 2.71 bits per heavy atom. The van der Waals surface area contributed by atoms with Crippen molar-refractivity contribution in [1.82, 2.24) is 0 Å². The molecule has 0 aromatic rings. The molecule has 38 valence electrons. The van der Waals surface area contributed by atoms with Gasteiger partial charge in [-0.05, 0) is 0 Å². The van der Waals surface area contributed by atoms with Crippen molar-refractivity contribution in [3.8, 4) is 0 Å². The molecule has 0 aliphatic heterocycles. The van der Waals surface area contributed by atoms with Crippen molar-refractivity contribution in [2.24, 2.45) is 0 Å². The summed E-state index contributed by atoms with van der Waals surface area (Å²) < 4.78 is 6.06. The van der Waals surface area contributed by atoms with E-state index in [0.717, 1.165) is 11.2 Å². The zero-order chi connectivity index (χ0) is 5.54. The van der Waals surface area contributed by atoms with Crippen molar-refractivity contribution in [2.75, 3.05) is 11.2 Å². The van der Waals surface area contributed by atoms with E-state index in [1.165, 1.54) is 35.4 Å². The third-order valence-electron chi connectivity index (χ3n) is 0.744. The molecule has 0 N–H and O–H groups in total. The maximum atomic E-state index is 5.11. The second-order valence-corrected chi connectivity index (χ2v) is 2.23. The van der Waals surface area contributed by atoms with Gasteiger partial charge >= 0.3 is 58.3 Å². The molecule has 0 aromatic carbocycles. The van der Waals surface area contributed by atoms with Crippen LogP contribution in [0.3, 0.4) is 0 Å². The van der Waals surface area contributed by atoms with E-state index in [-0.39, 0.29) is 0 Å². The van der Waals surface area contributed by atoms with Crippen LogP contribution < -0.4 is 0 Å². The quantitative estimate of drug-likeness (QED) is 0.490. The van der Waals surface area contributed by atoms with Gasteiger partial charge in [0.15, 0.2) is 0 Å². The molecule has 0 spiro atoms. The topological polar surface area (TPSA) is 9.23 Å². The first-order chi connectivity index (χ1) is 3.41. The van der Waals surface area contributed by atoms with Gasteiger partial charge in [0, 0.05) is 0 Å². The van der Waals surface area contributed by atoms with Crippen LogP contribution >= 0.6 is 0 Å². The monoisotopic (exact) mass is 207 g/mol. The Bertz CT molecular complexity index is 27.3. The van der Waals surface area contributed by atoms with Crippen molar-refractivity contribution in [3.63, 3.8) is 0 Å². The third-order valence-corrected chi connectivity index (χ3v) is 1.33. The molecule has 0 aliphatic carbocycles. The van der Waals surface area contributed by atoms with E-state index in [4.69, 9.17) is 4.74 Å². The summed E-state index contributed by atoms with van der Waals surface area (Å²) in [6.07, 6.45) is 2.46. The number of unbranched alkanes of at least 4 members (excludes halogenated alkanes) is 1. The first-order valence-corrected chi connectivity index (χ1v) is 4.66. The van der Waals surface area contributed by atoms with Gasteiger partial charge in [-0.2, -0.15) is 0 Å². The first-order valence-electron chi connectivity index (χ1n) is 2.64. The average Bonchev–Trinajstić information content (AvgIpc) is 1.69. The van der Waals surface area contributed by atoms with Crippen LogP contribution in [0.5, 0.6) is 0 Å². The van der Waals surface area contributed by atoms with Gasteiger partial charge in [0.05, 0.1) is 0 Å². The van der Waals surface area contributed by atoms with Crippen molar-refractivity contribution in [2.45, 2.75) is 19.8 Å². The van der Waals surface area contributed by atoms with E-state index in [9.17, 15) is 0 Å². The summed E-state index contributed by atoms with van der Waals surface area (Å²) in [5, 5.41) is 0. The number of ether oxygens (including phenoxy) is 1. The summed E-state index contributed by atoms with van der Waals surface area (Å²) in [5.74, 6) is 0. The molecule has 0 amide bonds. The van der Waals surface area contributed by atoms with Crippen LogP contribution in [0.15, 0.2) is 0 Å². The molecule has 0 saturated carbocycles. The average molecular weight is 206 g/mol. The Hall–Kier alpha value is 0.759. The normalized spacial score (nSPS) is 9.57. The molecule has 1 nitrogen and oxygen atoms in total. The summed E-state index contributed by atoms with van der Waals surface area (Å²) in [4.78, 5) is 0. The zero-order valence-electron chi connectivity index (χ0n) is 4.74.